The average molecular weight is 419 g/mol. The number of rotatable bonds is 5. The quantitative estimate of drug-likeness (QED) is 0.663. The second-order valence-electron chi connectivity index (χ2n) is 7.88. The van der Waals surface area contributed by atoms with Gasteiger partial charge in [-0.15, -0.1) is 0 Å². The Balaban J connectivity index is 1.48. The van der Waals surface area contributed by atoms with Crippen molar-refractivity contribution in [2.75, 3.05) is 23.3 Å². The van der Waals surface area contributed by atoms with Gasteiger partial charge >= 0.3 is 0 Å². The van der Waals surface area contributed by atoms with Crippen LogP contribution < -0.4 is 16.0 Å². The second kappa shape index (κ2) is 8.59. The van der Waals surface area contributed by atoms with E-state index in [2.05, 4.69) is 20.3 Å². The molecule has 8 nitrogen and oxygen atoms in total. The molecule has 0 aliphatic carbocycles. The lowest BCUT2D eigenvalue weighted by atomic mass is 9.96. The zero-order valence-electron chi connectivity index (χ0n) is 17.7. The standard InChI is InChI=1S/C23H26N6O2/c1-15-13-16(2)29(27-15)21-8-7-18(14-25-21)23(31)26-19-5-3-4-6-20(19)28-11-9-17(10-12-28)22(24)30/h3-8,13-14,17H,9-12H2,1-2H3,(H2,24,30)(H,26,31). The summed E-state index contributed by atoms with van der Waals surface area (Å²) < 4.78 is 1.75. The molecule has 0 atom stereocenters. The first kappa shape index (κ1) is 20.6. The number of primary amides is 1. The number of pyridine rings is 1. The molecule has 2 aromatic heterocycles. The molecule has 160 valence electrons. The number of aryl methyl sites for hydroxylation is 2. The molecule has 4 rings (SSSR count). The Morgan fingerprint density at radius 1 is 1.10 bits per heavy atom. The van der Waals surface area contributed by atoms with Gasteiger partial charge in [-0.05, 0) is 57.0 Å². The number of anilines is 2. The van der Waals surface area contributed by atoms with Crippen molar-refractivity contribution in [1.29, 1.82) is 0 Å². The fourth-order valence-electron chi connectivity index (χ4n) is 3.96. The molecule has 3 N–H and O–H groups in total. The molecule has 1 saturated heterocycles. The summed E-state index contributed by atoms with van der Waals surface area (Å²) in [6.07, 6.45) is 2.99. The number of piperidine rings is 1. The second-order valence-corrected chi connectivity index (χ2v) is 7.88. The maximum atomic E-state index is 12.9. The van der Waals surface area contributed by atoms with Crippen LogP contribution in [-0.2, 0) is 4.79 Å². The fraction of sp³-hybridized carbons (Fsp3) is 0.304. The average Bonchev–Trinajstić information content (AvgIpc) is 3.12. The molecule has 1 aliphatic heterocycles. The molecule has 3 aromatic rings. The molecule has 1 fully saturated rings. The number of para-hydroxylation sites is 2. The normalized spacial score (nSPS) is 14.5. The van der Waals surface area contributed by atoms with Gasteiger partial charge in [-0.3, -0.25) is 9.59 Å². The van der Waals surface area contributed by atoms with Crippen molar-refractivity contribution in [2.24, 2.45) is 11.7 Å². The predicted molar refractivity (Wildman–Crippen MR) is 119 cm³/mol. The van der Waals surface area contributed by atoms with Crippen LogP contribution in [0.1, 0.15) is 34.6 Å². The Labute approximate surface area is 181 Å². The Kier molecular flexibility index (Phi) is 5.70. The maximum absolute atomic E-state index is 12.9. The van der Waals surface area contributed by atoms with Crippen LogP contribution in [-0.4, -0.2) is 39.7 Å². The topological polar surface area (TPSA) is 106 Å². The number of hydrogen-bond acceptors (Lipinski definition) is 5. The molecular weight excluding hydrogens is 392 g/mol. The predicted octanol–water partition coefficient (Wildman–Crippen LogP) is 2.84. The van der Waals surface area contributed by atoms with Crippen molar-refractivity contribution >= 4 is 23.2 Å². The Morgan fingerprint density at radius 2 is 1.84 bits per heavy atom. The van der Waals surface area contributed by atoms with Crippen LogP contribution in [0.25, 0.3) is 5.82 Å². The molecule has 0 saturated carbocycles. The van der Waals surface area contributed by atoms with Gasteiger partial charge in [-0.25, -0.2) is 9.67 Å². The van der Waals surface area contributed by atoms with Crippen LogP contribution in [0.2, 0.25) is 0 Å². The van der Waals surface area contributed by atoms with Gasteiger partial charge in [-0.2, -0.15) is 5.10 Å². The molecule has 3 heterocycles. The van der Waals surface area contributed by atoms with E-state index >= 15 is 0 Å². The lowest BCUT2D eigenvalue weighted by Gasteiger charge is -2.33. The molecule has 0 spiro atoms. The fourth-order valence-corrected chi connectivity index (χ4v) is 3.96. The molecular formula is C23H26N6O2. The summed E-state index contributed by atoms with van der Waals surface area (Å²) in [4.78, 5) is 30.9. The third-order valence-corrected chi connectivity index (χ3v) is 5.63. The number of amides is 2. The SMILES string of the molecule is Cc1cc(C)n(-c2ccc(C(=O)Nc3ccccc3N3CCC(C(N)=O)CC3)cn2)n1. The minimum absolute atomic E-state index is 0.0789. The van der Waals surface area contributed by atoms with Crippen LogP contribution in [0, 0.1) is 19.8 Å². The third kappa shape index (κ3) is 4.42. The first-order valence-electron chi connectivity index (χ1n) is 10.4. The molecule has 1 aliphatic rings. The number of nitrogens with one attached hydrogen (secondary N) is 1. The van der Waals surface area contributed by atoms with Crippen molar-refractivity contribution < 1.29 is 9.59 Å². The largest absolute Gasteiger partial charge is 0.370 e. The lowest BCUT2D eigenvalue weighted by molar-refractivity contribution is -0.122. The summed E-state index contributed by atoms with van der Waals surface area (Å²) >= 11 is 0. The minimum atomic E-state index is -0.238. The van der Waals surface area contributed by atoms with Gasteiger partial charge < -0.3 is 16.0 Å². The molecule has 0 bridgehead atoms. The Bertz CT molecular complexity index is 1100. The number of nitrogens with two attached hydrogens (primary N) is 1. The van der Waals surface area contributed by atoms with Crippen molar-refractivity contribution in [3.8, 4) is 5.82 Å². The van der Waals surface area contributed by atoms with Gasteiger partial charge in [0.25, 0.3) is 5.91 Å². The summed E-state index contributed by atoms with van der Waals surface area (Å²) in [5.74, 6) is 0.120. The first-order chi connectivity index (χ1) is 14.9. The molecule has 8 heteroatoms. The highest BCUT2D eigenvalue weighted by Crippen LogP contribution is 2.30. The van der Waals surface area contributed by atoms with Gasteiger partial charge in [0.1, 0.15) is 0 Å². The van der Waals surface area contributed by atoms with Crippen LogP contribution >= 0.6 is 0 Å². The number of nitrogens with zero attached hydrogens (tertiary/aromatic N) is 4. The Hall–Kier alpha value is -3.68. The van der Waals surface area contributed by atoms with E-state index in [-0.39, 0.29) is 17.7 Å². The number of aromatic nitrogens is 3. The Morgan fingerprint density at radius 3 is 2.45 bits per heavy atom. The van der Waals surface area contributed by atoms with Gasteiger partial charge in [0.05, 0.1) is 22.6 Å². The molecule has 2 amide bonds. The van der Waals surface area contributed by atoms with Crippen molar-refractivity contribution in [3.63, 3.8) is 0 Å². The van der Waals surface area contributed by atoms with E-state index in [9.17, 15) is 9.59 Å². The smallest absolute Gasteiger partial charge is 0.257 e. The van der Waals surface area contributed by atoms with E-state index in [0.717, 1.165) is 48.7 Å². The van der Waals surface area contributed by atoms with E-state index in [0.29, 0.717) is 11.4 Å². The highest BCUT2D eigenvalue weighted by atomic mass is 16.2. The third-order valence-electron chi connectivity index (χ3n) is 5.63. The number of hydrogen-bond donors (Lipinski definition) is 2. The number of benzene rings is 1. The van der Waals surface area contributed by atoms with Gasteiger partial charge in [0, 0.05) is 30.9 Å². The lowest BCUT2D eigenvalue weighted by Crippen LogP contribution is -2.38. The van der Waals surface area contributed by atoms with E-state index in [1.807, 2.05) is 44.2 Å². The van der Waals surface area contributed by atoms with E-state index in [1.165, 1.54) is 0 Å². The van der Waals surface area contributed by atoms with E-state index < -0.39 is 0 Å². The maximum Gasteiger partial charge on any atom is 0.257 e. The van der Waals surface area contributed by atoms with Gasteiger partial charge in [0.15, 0.2) is 5.82 Å². The van der Waals surface area contributed by atoms with Crippen molar-refractivity contribution in [2.45, 2.75) is 26.7 Å². The summed E-state index contributed by atoms with van der Waals surface area (Å²) in [6.45, 7) is 5.34. The van der Waals surface area contributed by atoms with Crippen molar-refractivity contribution in [1.82, 2.24) is 14.8 Å². The summed E-state index contributed by atoms with van der Waals surface area (Å²) in [5.41, 5.74) is 9.47. The summed E-state index contributed by atoms with van der Waals surface area (Å²) in [6, 6.07) is 13.2. The zero-order valence-corrected chi connectivity index (χ0v) is 17.7. The minimum Gasteiger partial charge on any atom is -0.370 e. The highest BCUT2D eigenvalue weighted by Gasteiger charge is 2.24. The molecule has 31 heavy (non-hydrogen) atoms. The van der Waals surface area contributed by atoms with Crippen LogP contribution in [0.15, 0.2) is 48.7 Å². The van der Waals surface area contributed by atoms with Gasteiger partial charge in [-0.1, -0.05) is 12.1 Å². The highest BCUT2D eigenvalue weighted by molar-refractivity contribution is 6.05. The van der Waals surface area contributed by atoms with E-state index in [1.54, 1.807) is 23.0 Å². The van der Waals surface area contributed by atoms with Crippen molar-refractivity contribution in [3.05, 3.63) is 65.6 Å². The number of carbonyl (C=O) groups is 2. The molecule has 1 aromatic carbocycles. The van der Waals surface area contributed by atoms with Crippen LogP contribution in [0.5, 0.6) is 0 Å². The zero-order chi connectivity index (χ0) is 22.0. The first-order valence-corrected chi connectivity index (χ1v) is 10.4. The van der Waals surface area contributed by atoms with E-state index in [4.69, 9.17) is 5.73 Å². The molecule has 0 unspecified atom stereocenters. The number of carbonyl (C=O) groups excluding carboxylic acids is 2. The monoisotopic (exact) mass is 418 g/mol. The van der Waals surface area contributed by atoms with Crippen LogP contribution in [0.3, 0.4) is 0 Å². The molecule has 0 radical (unpaired) electrons. The van der Waals surface area contributed by atoms with Gasteiger partial charge in [0.2, 0.25) is 5.91 Å². The van der Waals surface area contributed by atoms with Crippen LogP contribution in [0.4, 0.5) is 11.4 Å². The summed E-state index contributed by atoms with van der Waals surface area (Å²) in [7, 11) is 0. The summed E-state index contributed by atoms with van der Waals surface area (Å²) in [5, 5.41) is 7.42.